The Hall–Kier alpha value is -7.04. The van der Waals surface area contributed by atoms with E-state index in [1.165, 1.54) is 67.6 Å². The topological polar surface area (TPSA) is 35.6 Å². The van der Waals surface area contributed by atoms with Gasteiger partial charge in [0.15, 0.2) is 5.82 Å². The average Bonchev–Trinajstić information content (AvgIpc) is 3.89. The lowest BCUT2D eigenvalue weighted by Crippen LogP contribution is -2.23. The predicted molar refractivity (Wildman–Crippen MR) is 281 cm³/mol. The van der Waals surface area contributed by atoms with Gasteiger partial charge in [0.1, 0.15) is 0 Å². The molecular weight excluding hydrogens is 813 g/mol. The van der Waals surface area contributed by atoms with Crippen LogP contribution in [0.3, 0.4) is 0 Å². The van der Waals surface area contributed by atoms with Gasteiger partial charge in [0.25, 0.3) is 0 Å². The van der Waals surface area contributed by atoms with Gasteiger partial charge in [-0.2, -0.15) is 0 Å². The zero-order valence-corrected chi connectivity index (χ0v) is 38.7. The maximum absolute atomic E-state index is 5.44. The first-order valence-corrected chi connectivity index (χ1v) is 24.8. The summed E-state index contributed by atoms with van der Waals surface area (Å²) in [6.45, 7) is 7.18. The maximum atomic E-state index is 5.44. The van der Waals surface area contributed by atoms with Gasteiger partial charge in [0.2, 0.25) is 0 Å². The van der Waals surface area contributed by atoms with Gasteiger partial charge < -0.3 is 9.13 Å². The van der Waals surface area contributed by atoms with Crippen LogP contribution in [-0.2, 0) is 6.42 Å². The molecule has 328 valence electrons. The SMILES string of the molecule is CC1C=Cc2c3c(n(C4CCC=CC4C)c2C1)C=CCC3c1ccc2c3c(n(-c4ccc(-c5nc(-c6cccc(C7C=CC=CC7)c6)c6ccc7ccccc7c6n5)cc4)c2c1)C(C)CC=C3. The van der Waals surface area contributed by atoms with Gasteiger partial charge in [0.05, 0.1) is 16.7 Å². The summed E-state index contributed by atoms with van der Waals surface area (Å²) in [7, 11) is 0. The highest BCUT2D eigenvalue weighted by molar-refractivity contribution is 6.09. The lowest BCUT2D eigenvalue weighted by molar-refractivity contribution is 0.358. The van der Waals surface area contributed by atoms with Crippen molar-refractivity contribution in [3.05, 3.63) is 203 Å². The lowest BCUT2D eigenvalue weighted by Gasteiger charge is -2.31. The monoisotopic (exact) mass is 868 g/mol. The van der Waals surface area contributed by atoms with E-state index in [9.17, 15) is 0 Å². The van der Waals surface area contributed by atoms with Gasteiger partial charge in [-0.25, -0.2) is 9.97 Å². The summed E-state index contributed by atoms with van der Waals surface area (Å²) in [4.78, 5) is 10.8. The van der Waals surface area contributed by atoms with Gasteiger partial charge in [-0.05, 0) is 127 Å². The Balaban J connectivity index is 0.935. The van der Waals surface area contributed by atoms with E-state index in [0.29, 0.717) is 29.7 Å². The Bertz CT molecular complexity index is 3490. The van der Waals surface area contributed by atoms with Gasteiger partial charge in [-0.3, -0.25) is 0 Å². The van der Waals surface area contributed by atoms with E-state index >= 15 is 0 Å². The Morgan fingerprint density at radius 2 is 1.51 bits per heavy atom. The van der Waals surface area contributed by atoms with Gasteiger partial charge >= 0.3 is 0 Å². The molecule has 3 aromatic heterocycles. The van der Waals surface area contributed by atoms with Crippen molar-refractivity contribution in [2.75, 3.05) is 0 Å². The normalized spacial score (nSPS) is 22.7. The molecule has 4 nitrogen and oxygen atoms in total. The van der Waals surface area contributed by atoms with Crippen LogP contribution < -0.4 is 0 Å². The van der Waals surface area contributed by atoms with Crippen molar-refractivity contribution >= 4 is 50.8 Å². The van der Waals surface area contributed by atoms with Crippen molar-refractivity contribution in [1.82, 2.24) is 19.1 Å². The molecule has 6 unspecified atom stereocenters. The van der Waals surface area contributed by atoms with Crippen LogP contribution in [0.5, 0.6) is 0 Å². The number of hydrogen-bond acceptors (Lipinski definition) is 2. The van der Waals surface area contributed by atoms with Crippen LogP contribution >= 0.6 is 0 Å². The van der Waals surface area contributed by atoms with Crippen molar-refractivity contribution in [2.24, 2.45) is 11.8 Å². The fourth-order valence-corrected chi connectivity index (χ4v) is 12.4. The molecule has 0 N–H and O–H groups in total. The number of rotatable bonds is 6. The van der Waals surface area contributed by atoms with Crippen LogP contribution in [0.1, 0.15) is 122 Å². The second-order valence-corrected chi connectivity index (χ2v) is 20.0. The van der Waals surface area contributed by atoms with E-state index in [0.717, 1.165) is 71.0 Å². The molecule has 8 aromatic rings. The summed E-state index contributed by atoms with van der Waals surface area (Å²) in [6, 6.07) is 39.0. The van der Waals surface area contributed by atoms with E-state index in [1.54, 1.807) is 5.69 Å². The van der Waals surface area contributed by atoms with Gasteiger partial charge in [-0.15, -0.1) is 0 Å². The predicted octanol–water partition coefficient (Wildman–Crippen LogP) is 16.3. The number of allylic oxidation sites excluding steroid dienone is 9. The van der Waals surface area contributed by atoms with E-state index in [-0.39, 0.29) is 5.92 Å². The molecule has 0 saturated carbocycles. The number of nitrogens with zero attached hydrogens (tertiary/aromatic N) is 4. The molecule has 0 amide bonds. The maximum Gasteiger partial charge on any atom is 0.160 e. The minimum absolute atomic E-state index is 0.287. The summed E-state index contributed by atoms with van der Waals surface area (Å²) in [5.74, 6) is 2.83. The third-order valence-electron chi connectivity index (χ3n) is 15.8. The minimum Gasteiger partial charge on any atom is -0.341 e. The van der Waals surface area contributed by atoms with E-state index in [2.05, 4.69) is 206 Å². The molecule has 0 bridgehead atoms. The summed E-state index contributed by atoms with van der Waals surface area (Å²) < 4.78 is 5.36. The van der Waals surface area contributed by atoms with Gasteiger partial charge in [-0.1, -0.05) is 148 Å². The quantitative estimate of drug-likeness (QED) is 0.123. The lowest BCUT2D eigenvalue weighted by atomic mass is 9.81. The highest BCUT2D eigenvalue weighted by Gasteiger charge is 2.35. The molecule has 5 aromatic carbocycles. The second-order valence-electron chi connectivity index (χ2n) is 20.0. The summed E-state index contributed by atoms with van der Waals surface area (Å²) >= 11 is 0. The number of benzene rings is 5. The molecule has 5 aliphatic carbocycles. The first-order valence-electron chi connectivity index (χ1n) is 24.8. The molecular formula is C63H56N4. The first-order chi connectivity index (χ1) is 33.0. The van der Waals surface area contributed by atoms with Crippen LogP contribution in [0.15, 0.2) is 158 Å². The van der Waals surface area contributed by atoms with Crippen LogP contribution in [0.25, 0.3) is 79.1 Å². The molecule has 3 heterocycles. The highest BCUT2D eigenvalue weighted by Crippen LogP contribution is 2.48. The van der Waals surface area contributed by atoms with Crippen LogP contribution in [0.2, 0.25) is 0 Å². The standard InChI is InChI=1S/C63H56N4/c1-39-26-33-53-57(36-39)67(55-24-10-7-14-40(55)2)56-25-13-22-49(59(53)56)46-30-34-51-52-23-11-15-41(3)62(52)66(58(51)38-46)48-31-27-44(28-32-48)63-64-60(47-20-12-19-45(37-47)42-16-5-4-6-17-42)54-35-29-43-18-8-9-21-50(43)61(54)65-63/h4-9,11-14,16,18-21,23,25-35,37-42,49,55H,10,15,17,22,24,36H2,1-3H3. The first kappa shape index (κ1) is 40.3. The summed E-state index contributed by atoms with van der Waals surface area (Å²) in [5, 5.41) is 4.72. The molecule has 0 fully saturated rings. The van der Waals surface area contributed by atoms with Gasteiger partial charge in [0, 0.05) is 79.4 Å². The molecule has 67 heavy (non-hydrogen) atoms. The molecule has 5 aliphatic rings. The fourth-order valence-electron chi connectivity index (χ4n) is 12.4. The molecule has 0 aliphatic heterocycles. The van der Waals surface area contributed by atoms with Crippen molar-refractivity contribution in [3.63, 3.8) is 0 Å². The Morgan fingerprint density at radius 3 is 2.39 bits per heavy atom. The summed E-state index contributed by atoms with van der Waals surface area (Å²) in [6.07, 6.45) is 34.8. The second kappa shape index (κ2) is 16.1. The zero-order chi connectivity index (χ0) is 44.8. The summed E-state index contributed by atoms with van der Waals surface area (Å²) in [5.41, 5.74) is 18.0. The molecule has 4 heteroatoms. The highest BCUT2D eigenvalue weighted by atomic mass is 15.1. The third kappa shape index (κ3) is 6.62. The number of fused-ring (bicyclic) bond motifs is 9. The van der Waals surface area contributed by atoms with Crippen LogP contribution in [0, 0.1) is 11.8 Å². The Morgan fingerprint density at radius 1 is 0.627 bits per heavy atom. The van der Waals surface area contributed by atoms with E-state index in [4.69, 9.17) is 9.97 Å². The average molecular weight is 869 g/mol. The molecule has 0 spiro atoms. The van der Waals surface area contributed by atoms with Crippen LogP contribution in [0.4, 0.5) is 0 Å². The minimum atomic E-state index is 0.287. The Kier molecular flexibility index (Phi) is 9.66. The molecule has 6 atom stereocenters. The Labute approximate surface area is 394 Å². The fraction of sp³-hybridized carbons (Fsp3) is 0.238. The smallest absolute Gasteiger partial charge is 0.160 e. The van der Waals surface area contributed by atoms with Crippen molar-refractivity contribution < 1.29 is 0 Å². The third-order valence-corrected chi connectivity index (χ3v) is 15.8. The largest absolute Gasteiger partial charge is 0.341 e. The molecule has 13 rings (SSSR count). The number of aromatic nitrogens is 4. The zero-order valence-electron chi connectivity index (χ0n) is 38.7. The molecule has 0 radical (unpaired) electrons. The van der Waals surface area contributed by atoms with Crippen molar-refractivity contribution in [3.8, 4) is 28.3 Å². The van der Waals surface area contributed by atoms with Crippen molar-refractivity contribution in [2.45, 2.75) is 83.1 Å². The van der Waals surface area contributed by atoms with E-state index < -0.39 is 0 Å². The van der Waals surface area contributed by atoms with E-state index in [1.807, 2.05) is 0 Å². The van der Waals surface area contributed by atoms with Crippen molar-refractivity contribution in [1.29, 1.82) is 0 Å². The molecule has 0 saturated heterocycles. The number of hydrogen-bond donors (Lipinski definition) is 0. The van der Waals surface area contributed by atoms with Crippen LogP contribution in [-0.4, -0.2) is 19.1 Å².